The topological polar surface area (TPSA) is 29.5 Å². The molecule has 0 amide bonds. The molecule has 1 saturated heterocycles. The van der Waals surface area contributed by atoms with Gasteiger partial charge in [0.2, 0.25) is 0 Å². The zero-order valence-electron chi connectivity index (χ0n) is 9.06. The van der Waals surface area contributed by atoms with Gasteiger partial charge in [0, 0.05) is 12.5 Å². The van der Waals surface area contributed by atoms with Crippen molar-refractivity contribution in [2.75, 3.05) is 6.61 Å². The standard InChI is InChI=1S/C12H18O2S/c1-2-12-10(3-5-14-12)11(13)7-9-4-6-15-8-9/h4,6,8,10-13H,2-3,5,7H2,1H3. The molecule has 2 nitrogen and oxygen atoms in total. The molecule has 3 unspecified atom stereocenters. The Hall–Kier alpha value is -0.380. The van der Waals surface area contributed by atoms with E-state index in [0.717, 1.165) is 25.9 Å². The molecule has 15 heavy (non-hydrogen) atoms. The van der Waals surface area contributed by atoms with E-state index in [-0.39, 0.29) is 12.2 Å². The first-order chi connectivity index (χ1) is 7.31. The molecule has 0 bridgehead atoms. The summed E-state index contributed by atoms with van der Waals surface area (Å²) in [6.45, 7) is 2.93. The van der Waals surface area contributed by atoms with Gasteiger partial charge in [-0.25, -0.2) is 0 Å². The minimum Gasteiger partial charge on any atom is -0.392 e. The van der Waals surface area contributed by atoms with E-state index in [1.807, 2.05) is 0 Å². The lowest BCUT2D eigenvalue weighted by Gasteiger charge is -2.22. The molecular weight excluding hydrogens is 208 g/mol. The molecule has 1 aromatic heterocycles. The molecule has 0 aromatic carbocycles. The van der Waals surface area contributed by atoms with Crippen molar-refractivity contribution in [2.24, 2.45) is 5.92 Å². The van der Waals surface area contributed by atoms with E-state index in [2.05, 4.69) is 23.8 Å². The molecule has 0 saturated carbocycles. The van der Waals surface area contributed by atoms with Crippen LogP contribution in [0.1, 0.15) is 25.3 Å². The van der Waals surface area contributed by atoms with E-state index in [0.29, 0.717) is 5.92 Å². The normalized spacial score (nSPS) is 28.1. The van der Waals surface area contributed by atoms with Crippen LogP contribution in [0.4, 0.5) is 0 Å². The third-order valence-electron chi connectivity index (χ3n) is 3.18. The van der Waals surface area contributed by atoms with Gasteiger partial charge in [-0.3, -0.25) is 0 Å². The van der Waals surface area contributed by atoms with Crippen LogP contribution in [0.15, 0.2) is 16.8 Å². The molecule has 1 N–H and O–H groups in total. The molecule has 1 fully saturated rings. The molecule has 1 aliphatic heterocycles. The van der Waals surface area contributed by atoms with Crippen LogP contribution in [0.25, 0.3) is 0 Å². The lowest BCUT2D eigenvalue weighted by molar-refractivity contribution is 0.0318. The average Bonchev–Trinajstić information content (AvgIpc) is 2.86. The molecular formula is C12H18O2S. The number of ether oxygens (including phenoxy) is 1. The van der Waals surface area contributed by atoms with Crippen molar-refractivity contribution in [2.45, 2.75) is 38.4 Å². The summed E-state index contributed by atoms with van der Waals surface area (Å²) in [7, 11) is 0. The summed E-state index contributed by atoms with van der Waals surface area (Å²) < 4.78 is 5.60. The maximum absolute atomic E-state index is 10.1. The van der Waals surface area contributed by atoms with E-state index >= 15 is 0 Å². The first kappa shape index (κ1) is 11.1. The SMILES string of the molecule is CCC1OCCC1C(O)Cc1ccsc1. The summed E-state index contributed by atoms with van der Waals surface area (Å²) in [5.74, 6) is 0.329. The van der Waals surface area contributed by atoms with Gasteiger partial charge in [-0.05, 0) is 41.7 Å². The third kappa shape index (κ3) is 2.60. The van der Waals surface area contributed by atoms with Gasteiger partial charge in [0.15, 0.2) is 0 Å². The van der Waals surface area contributed by atoms with Crippen molar-refractivity contribution in [1.82, 2.24) is 0 Å². The first-order valence-corrected chi connectivity index (χ1v) is 6.56. The van der Waals surface area contributed by atoms with Crippen LogP contribution < -0.4 is 0 Å². The summed E-state index contributed by atoms with van der Waals surface area (Å²) in [5.41, 5.74) is 1.24. The lowest BCUT2D eigenvalue weighted by Crippen LogP contribution is -2.29. The Morgan fingerprint density at radius 2 is 2.53 bits per heavy atom. The number of aliphatic hydroxyl groups is 1. The summed E-state index contributed by atoms with van der Waals surface area (Å²) in [5, 5.41) is 14.3. The van der Waals surface area contributed by atoms with Crippen LogP contribution in [0.5, 0.6) is 0 Å². The highest BCUT2D eigenvalue weighted by Gasteiger charge is 2.32. The largest absolute Gasteiger partial charge is 0.392 e. The summed E-state index contributed by atoms with van der Waals surface area (Å²) in [4.78, 5) is 0. The minimum atomic E-state index is -0.243. The Morgan fingerprint density at radius 1 is 1.67 bits per heavy atom. The quantitative estimate of drug-likeness (QED) is 0.854. The summed E-state index contributed by atoms with van der Waals surface area (Å²) >= 11 is 1.69. The Kier molecular flexibility index (Phi) is 3.78. The predicted octanol–water partition coefficient (Wildman–Crippen LogP) is 2.47. The van der Waals surface area contributed by atoms with Gasteiger partial charge < -0.3 is 9.84 Å². The van der Waals surface area contributed by atoms with Crippen molar-refractivity contribution < 1.29 is 9.84 Å². The monoisotopic (exact) mass is 226 g/mol. The van der Waals surface area contributed by atoms with Crippen molar-refractivity contribution >= 4 is 11.3 Å². The van der Waals surface area contributed by atoms with Crippen LogP contribution in [-0.4, -0.2) is 23.9 Å². The summed E-state index contributed by atoms with van der Waals surface area (Å²) in [6.07, 6.45) is 2.80. The predicted molar refractivity (Wildman–Crippen MR) is 62.2 cm³/mol. The molecule has 2 heterocycles. The highest BCUT2D eigenvalue weighted by molar-refractivity contribution is 7.07. The Morgan fingerprint density at radius 3 is 3.20 bits per heavy atom. The van der Waals surface area contributed by atoms with Crippen LogP contribution in [-0.2, 0) is 11.2 Å². The van der Waals surface area contributed by atoms with Crippen molar-refractivity contribution in [3.05, 3.63) is 22.4 Å². The van der Waals surface area contributed by atoms with Gasteiger partial charge in [0.05, 0.1) is 12.2 Å². The zero-order chi connectivity index (χ0) is 10.7. The number of thiophene rings is 1. The fourth-order valence-corrected chi connectivity index (χ4v) is 3.01. The van der Waals surface area contributed by atoms with Crippen LogP contribution in [0.2, 0.25) is 0 Å². The molecule has 2 rings (SSSR count). The third-order valence-corrected chi connectivity index (χ3v) is 3.91. The molecule has 0 radical (unpaired) electrons. The van der Waals surface area contributed by atoms with Crippen LogP contribution in [0, 0.1) is 5.92 Å². The highest BCUT2D eigenvalue weighted by atomic mass is 32.1. The second kappa shape index (κ2) is 5.10. The van der Waals surface area contributed by atoms with E-state index in [4.69, 9.17) is 4.74 Å². The van der Waals surface area contributed by atoms with Crippen LogP contribution >= 0.6 is 11.3 Å². The van der Waals surface area contributed by atoms with Crippen molar-refractivity contribution in [1.29, 1.82) is 0 Å². The maximum atomic E-state index is 10.1. The smallest absolute Gasteiger partial charge is 0.0634 e. The van der Waals surface area contributed by atoms with Crippen molar-refractivity contribution in [3.63, 3.8) is 0 Å². The molecule has 84 valence electrons. The molecule has 1 aromatic rings. The Balaban J connectivity index is 1.92. The first-order valence-electron chi connectivity index (χ1n) is 5.62. The number of hydrogen-bond acceptors (Lipinski definition) is 3. The second-order valence-corrected chi connectivity index (χ2v) is 4.95. The Labute approximate surface area is 94.9 Å². The van der Waals surface area contributed by atoms with Gasteiger partial charge in [-0.2, -0.15) is 11.3 Å². The van der Waals surface area contributed by atoms with E-state index in [1.54, 1.807) is 11.3 Å². The highest BCUT2D eigenvalue weighted by Crippen LogP contribution is 2.28. The van der Waals surface area contributed by atoms with Crippen molar-refractivity contribution in [3.8, 4) is 0 Å². The minimum absolute atomic E-state index is 0.243. The van der Waals surface area contributed by atoms with Gasteiger partial charge in [-0.1, -0.05) is 6.92 Å². The molecule has 3 atom stereocenters. The van der Waals surface area contributed by atoms with Gasteiger partial charge in [0.1, 0.15) is 0 Å². The second-order valence-electron chi connectivity index (χ2n) is 4.17. The maximum Gasteiger partial charge on any atom is 0.0634 e. The van der Waals surface area contributed by atoms with Crippen LogP contribution in [0.3, 0.4) is 0 Å². The fraction of sp³-hybridized carbons (Fsp3) is 0.667. The van der Waals surface area contributed by atoms with E-state index in [9.17, 15) is 5.11 Å². The number of rotatable bonds is 4. The van der Waals surface area contributed by atoms with Gasteiger partial charge >= 0.3 is 0 Å². The summed E-state index contributed by atoms with van der Waals surface area (Å²) in [6, 6.07) is 2.09. The number of aliphatic hydroxyl groups excluding tert-OH is 1. The average molecular weight is 226 g/mol. The lowest BCUT2D eigenvalue weighted by atomic mass is 9.90. The molecule has 0 spiro atoms. The molecule has 3 heteroatoms. The van der Waals surface area contributed by atoms with E-state index in [1.165, 1.54) is 5.56 Å². The molecule has 0 aliphatic carbocycles. The van der Waals surface area contributed by atoms with E-state index < -0.39 is 0 Å². The molecule has 1 aliphatic rings. The Bertz CT molecular complexity index is 284. The fourth-order valence-electron chi connectivity index (χ4n) is 2.33. The van der Waals surface area contributed by atoms with Gasteiger partial charge in [-0.15, -0.1) is 0 Å². The zero-order valence-corrected chi connectivity index (χ0v) is 9.87. The number of hydrogen-bond donors (Lipinski definition) is 1. The van der Waals surface area contributed by atoms with Gasteiger partial charge in [0.25, 0.3) is 0 Å².